The number of piperazine rings is 1. The van der Waals surface area contributed by atoms with Gasteiger partial charge in [-0.25, -0.2) is 9.97 Å². The maximum absolute atomic E-state index is 12.4. The summed E-state index contributed by atoms with van der Waals surface area (Å²) in [6.45, 7) is 5.05. The number of amides is 1. The molecule has 0 aromatic carbocycles. The summed E-state index contributed by atoms with van der Waals surface area (Å²) in [5, 5.41) is 3.31. The van der Waals surface area contributed by atoms with Gasteiger partial charge >= 0.3 is 0 Å². The molecule has 20 heavy (non-hydrogen) atoms. The van der Waals surface area contributed by atoms with Gasteiger partial charge in [-0.3, -0.25) is 4.79 Å². The predicted octanol–water partition coefficient (Wildman–Crippen LogP) is 0.125. The maximum atomic E-state index is 12.4. The first kappa shape index (κ1) is 13.3. The first-order chi connectivity index (χ1) is 9.84. The first-order valence-corrected chi connectivity index (χ1v) is 7.36. The first-order valence-electron chi connectivity index (χ1n) is 7.36. The van der Waals surface area contributed by atoms with Gasteiger partial charge < -0.3 is 15.1 Å². The zero-order valence-electron chi connectivity index (χ0n) is 11.7. The van der Waals surface area contributed by atoms with E-state index >= 15 is 0 Å². The van der Waals surface area contributed by atoms with Crippen LogP contribution < -0.4 is 10.2 Å². The molecule has 2 saturated heterocycles. The smallest absolute Gasteiger partial charge is 0.227 e. The Balaban J connectivity index is 1.54. The second-order valence-electron chi connectivity index (χ2n) is 5.40. The molecular weight excluding hydrogens is 254 g/mol. The third-order valence-electron chi connectivity index (χ3n) is 4.07. The summed E-state index contributed by atoms with van der Waals surface area (Å²) in [4.78, 5) is 25.1. The number of piperidine rings is 1. The van der Waals surface area contributed by atoms with E-state index in [-0.39, 0.29) is 5.92 Å². The highest BCUT2D eigenvalue weighted by Gasteiger charge is 2.28. The number of nitrogens with zero attached hydrogens (tertiary/aromatic N) is 4. The molecule has 3 rings (SSSR count). The van der Waals surface area contributed by atoms with E-state index in [1.165, 1.54) is 0 Å². The fourth-order valence-electron chi connectivity index (χ4n) is 2.90. The van der Waals surface area contributed by atoms with E-state index in [9.17, 15) is 4.79 Å². The molecule has 1 aromatic heterocycles. The van der Waals surface area contributed by atoms with E-state index in [1.807, 2.05) is 11.0 Å². The van der Waals surface area contributed by atoms with E-state index in [0.29, 0.717) is 5.91 Å². The SMILES string of the molecule is O=C([C@H]1CCCNC1)N1CCN(c2ncccn2)CC1. The highest BCUT2D eigenvalue weighted by Crippen LogP contribution is 2.16. The zero-order chi connectivity index (χ0) is 13.8. The lowest BCUT2D eigenvalue weighted by atomic mass is 9.98. The molecule has 0 bridgehead atoms. The normalized spacial score (nSPS) is 23.7. The number of hydrogen-bond acceptors (Lipinski definition) is 5. The second kappa shape index (κ2) is 6.17. The molecular formula is C14H21N5O. The van der Waals surface area contributed by atoms with Crippen LogP contribution >= 0.6 is 0 Å². The third-order valence-corrected chi connectivity index (χ3v) is 4.07. The van der Waals surface area contributed by atoms with Crippen molar-refractivity contribution < 1.29 is 4.79 Å². The van der Waals surface area contributed by atoms with Gasteiger partial charge in [0.1, 0.15) is 0 Å². The Hall–Kier alpha value is -1.69. The number of carbonyl (C=O) groups is 1. The van der Waals surface area contributed by atoms with E-state index in [4.69, 9.17) is 0 Å². The average Bonchev–Trinajstić information content (AvgIpc) is 2.56. The molecule has 2 fully saturated rings. The van der Waals surface area contributed by atoms with Gasteiger partial charge in [0.05, 0.1) is 5.92 Å². The van der Waals surface area contributed by atoms with Crippen molar-refractivity contribution in [1.29, 1.82) is 0 Å². The van der Waals surface area contributed by atoms with Crippen molar-refractivity contribution in [2.24, 2.45) is 5.92 Å². The molecule has 0 unspecified atom stereocenters. The van der Waals surface area contributed by atoms with Crippen LogP contribution in [0.25, 0.3) is 0 Å². The molecule has 0 aliphatic carbocycles. The molecule has 0 radical (unpaired) electrons. The largest absolute Gasteiger partial charge is 0.339 e. The van der Waals surface area contributed by atoms with Crippen LogP contribution in [0.5, 0.6) is 0 Å². The van der Waals surface area contributed by atoms with Gasteiger partial charge in [0.15, 0.2) is 0 Å². The van der Waals surface area contributed by atoms with Crippen LogP contribution in [0.1, 0.15) is 12.8 Å². The molecule has 1 amide bonds. The standard InChI is InChI=1S/C14H21N5O/c20-13(12-3-1-4-15-11-12)18-7-9-19(10-8-18)14-16-5-2-6-17-14/h2,5-6,12,15H,1,3-4,7-11H2/t12-/m0/s1. The molecule has 1 aromatic rings. The summed E-state index contributed by atoms with van der Waals surface area (Å²) in [6.07, 6.45) is 5.64. The fourth-order valence-corrected chi connectivity index (χ4v) is 2.90. The highest BCUT2D eigenvalue weighted by atomic mass is 16.2. The molecule has 6 heteroatoms. The number of anilines is 1. The summed E-state index contributed by atoms with van der Waals surface area (Å²) in [5.41, 5.74) is 0. The van der Waals surface area contributed by atoms with Crippen molar-refractivity contribution in [1.82, 2.24) is 20.2 Å². The lowest BCUT2D eigenvalue weighted by Gasteiger charge is -2.37. The number of carbonyl (C=O) groups excluding carboxylic acids is 1. The minimum Gasteiger partial charge on any atom is -0.339 e. The molecule has 108 valence electrons. The quantitative estimate of drug-likeness (QED) is 0.831. The molecule has 1 N–H and O–H groups in total. The van der Waals surface area contributed by atoms with Crippen LogP contribution in [0.3, 0.4) is 0 Å². The highest BCUT2D eigenvalue weighted by molar-refractivity contribution is 5.79. The Morgan fingerprint density at radius 2 is 1.95 bits per heavy atom. The van der Waals surface area contributed by atoms with Crippen LogP contribution in [0.4, 0.5) is 5.95 Å². The second-order valence-corrected chi connectivity index (χ2v) is 5.40. The van der Waals surface area contributed by atoms with Crippen molar-refractivity contribution in [2.75, 3.05) is 44.2 Å². The van der Waals surface area contributed by atoms with Gasteiger partial charge in [0, 0.05) is 45.1 Å². The topological polar surface area (TPSA) is 61.4 Å². The van der Waals surface area contributed by atoms with Gasteiger partial charge in [0.25, 0.3) is 0 Å². The van der Waals surface area contributed by atoms with Crippen LogP contribution in [0.2, 0.25) is 0 Å². The summed E-state index contributed by atoms with van der Waals surface area (Å²) in [6, 6.07) is 1.82. The van der Waals surface area contributed by atoms with Crippen molar-refractivity contribution in [3.63, 3.8) is 0 Å². The van der Waals surface area contributed by atoms with Crippen LogP contribution in [-0.4, -0.2) is 60.0 Å². The third kappa shape index (κ3) is 2.90. The molecule has 0 spiro atoms. The molecule has 2 aliphatic rings. The van der Waals surface area contributed by atoms with Gasteiger partial charge in [-0.15, -0.1) is 0 Å². The monoisotopic (exact) mass is 275 g/mol. The fraction of sp³-hybridized carbons (Fsp3) is 0.643. The molecule has 3 heterocycles. The Morgan fingerprint density at radius 1 is 1.20 bits per heavy atom. The maximum Gasteiger partial charge on any atom is 0.227 e. The van der Waals surface area contributed by atoms with E-state index in [1.54, 1.807) is 12.4 Å². The van der Waals surface area contributed by atoms with Gasteiger partial charge in [-0.05, 0) is 25.5 Å². The lowest BCUT2D eigenvalue weighted by molar-refractivity contribution is -0.136. The number of hydrogen-bond donors (Lipinski definition) is 1. The zero-order valence-corrected chi connectivity index (χ0v) is 11.7. The lowest BCUT2D eigenvalue weighted by Crippen LogP contribution is -2.52. The summed E-state index contributed by atoms with van der Waals surface area (Å²) in [7, 11) is 0. The van der Waals surface area contributed by atoms with Crippen molar-refractivity contribution in [3.8, 4) is 0 Å². The molecule has 2 aliphatic heterocycles. The van der Waals surface area contributed by atoms with Crippen LogP contribution in [-0.2, 0) is 4.79 Å². The van der Waals surface area contributed by atoms with Crippen molar-refractivity contribution in [2.45, 2.75) is 12.8 Å². The number of rotatable bonds is 2. The Bertz CT molecular complexity index is 438. The minimum atomic E-state index is 0.170. The Kier molecular flexibility index (Phi) is 4.11. The summed E-state index contributed by atoms with van der Waals surface area (Å²) in [5.74, 6) is 1.24. The minimum absolute atomic E-state index is 0.170. The van der Waals surface area contributed by atoms with Gasteiger partial charge in [-0.1, -0.05) is 0 Å². The van der Waals surface area contributed by atoms with Gasteiger partial charge in [0.2, 0.25) is 11.9 Å². The number of aromatic nitrogens is 2. The van der Waals surface area contributed by atoms with Crippen molar-refractivity contribution in [3.05, 3.63) is 18.5 Å². The predicted molar refractivity (Wildman–Crippen MR) is 76.4 cm³/mol. The molecule has 0 saturated carbocycles. The molecule has 6 nitrogen and oxygen atoms in total. The van der Waals surface area contributed by atoms with Crippen LogP contribution in [0.15, 0.2) is 18.5 Å². The summed E-state index contributed by atoms with van der Waals surface area (Å²) < 4.78 is 0. The van der Waals surface area contributed by atoms with E-state index in [2.05, 4.69) is 20.2 Å². The van der Waals surface area contributed by atoms with E-state index in [0.717, 1.165) is 58.1 Å². The Morgan fingerprint density at radius 3 is 2.60 bits per heavy atom. The Labute approximate surface area is 119 Å². The molecule has 1 atom stereocenters. The van der Waals surface area contributed by atoms with E-state index < -0.39 is 0 Å². The van der Waals surface area contributed by atoms with Gasteiger partial charge in [-0.2, -0.15) is 0 Å². The number of nitrogens with one attached hydrogen (secondary N) is 1. The summed E-state index contributed by atoms with van der Waals surface area (Å²) >= 11 is 0. The average molecular weight is 275 g/mol. The van der Waals surface area contributed by atoms with Crippen LogP contribution in [0, 0.1) is 5.92 Å². The van der Waals surface area contributed by atoms with Crippen molar-refractivity contribution >= 4 is 11.9 Å².